The molecule has 1 aromatic heterocycles. The molecule has 0 radical (unpaired) electrons. The van der Waals surface area contributed by atoms with E-state index in [1.807, 2.05) is 12.1 Å². The summed E-state index contributed by atoms with van der Waals surface area (Å²) in [5, 5.41) is 10.9. The fraction of sp³-hybridized carbons (Fsp3) is 0.526. The molecule has 1 heterocycles. The van der Waals surface area contributed by atoms with Crippen LogP contribution in [0.4, 0.5) is 0 Å². The molecule has 10 heteroatoms. The standard InChI is InChI=1S/C19H28ClN5O3.HI/c1-3-4-10-26-12-13-27-11-9-22-19(21-2)23-14-17-24-18(25-28-17)15-5-7-16(20)8-6-15;/h5-8H,3-4,9-14H2,1-2H3,(H2,21,22,23);1H. The molecule has 2 rings (SSSR count). The normalized spacial score (nSPS) is 11.2. The Hall–Kier alpha value is -1.43. The fourth-order valence-electron chi connectivity index (χ4n) is 2.23. The first-order valence-corrected chi connectivity index (χ1v) is 9.79. The maximum Gasteiger partial charge on any atom is 0.246 e. The van der Waals surface area contributed by atoms with Crippen LogP contribution in [0.5, 0.6) is 0 Å². The Morgan fingerprint density at radius 1 is 1.10 bits per heavy atom. The number of nitrogens with one attached hydrogen (secondary N) is 2. The van der Waals surface area contributed by atoms with Crippen LogP contribution < -0.4 is 10.6 Å². The van der Waals surface area contributed by atoms with Crippen molar-refractivity contribution in [3.05, 3.63) is 35.2 Å². The molecule has 0 aliphatic heterocycles. The van der Waals surface area contributed by atoms with Crippen LogP contribution in [0.15, 0.2) is 33.8 Å². The van der Waals surface area contributed by atoms with Crippen LogP contribution in [0, 0.1) is 0 Å². The van der Waals surface area contributed by atoms with Gasteiger partial charge in [-0.1, -0.05) is 30.1 Å². The van der Waals surface area contributed by atoms with Crippen LogP contribution in [0.3, 0.4) is 0 Å². The van der Waals surface area contributed by atoms with Crippen molar-refractivity contribution in [1.82, 2.24) is 20.8 Å². The lowest BCUT2D eigenvalue weighted by molar-refractivity contribution is 0.0487. The monoisotopic (exact) mass is 537 g/mol. The molecule has 29 heavy (non-hydrogen) atoms. The SMILES string of the molecule is CCCCOCCOCCNC(=NC)NCc1nc(-c2ccc(Cl)cc2)no1.I. The highest BCUT2D eigenvalue weighted by Gasteiger charge is 2.09. The van der Waals surface area contributed by atoms with Crippen molar-refractivity contribution in [2.45, 2.75) is 26.3 Å². The minimum absolute atomic E-state index is 0. The molecule has 0 amide bonds. The number of ether oxygens (including phenoxy) is 2. The van der Waals surface area contributed by atoms with Crippen molar-refractivity contribution < 1.29 is 14.0 Å². The second kappa shape index (κ2) is 15.4. The third-order valence-electron chi connectivity index (χ3n) is 3.75. The number of hydrogen-bond donors (Lipinski definition) is 2. The Kier molecular flexibility index (Phi) is 13.6. The molecular formula is C19H29ClIN5O3. The van der Waals surface area contributed by atoms with Gasteiger partial charge in [-0.15, -0.1) is 24.0 Å². The highest BCUT2D eigenvalue weighted by Crippen LogP contribution is 2.18. The van der Waals surface area contributed by atoms with Gasteiger partial charge in [-0.3, -0.25) is 4.99 Å². The Bertz CT molecular complexity index is 712. The number of aliphatic imine (C=N–C) groups is 1. The Labute approximate surface area is 193 Å². The number of hydrogen-bond acceptors (Lipinski definition) is 6. The smallest absolute Gasteiger partial charge is 0.246 e. The summed E-state index contributed by atoms with van der Waals surface area (Å²) in [4.78, 5) is 8.52. The fourth-order valence-corrected chi connectivity index (χ4v) is 2.36. The van der Waals surface area contributed by atoms with Gasteiger partial charge in [0.05, 0.1) is 26.4 Å². The number of guanidine groups is 1. The highest BCUT2D eigenvalue weighted by atomic mass is 127. The second-order valence-electron chi connectivity index (χ2n) is 5.95. The lowest BCUT2D eigenvalue weighted by atomic mass is 10.2. The molecule has 0 saturated carbocycles. The van der Waals surface area contributed by atoms with Crippen molar-refractivity contribution >= 4 is 41.5 Å². The molecule has 162 valence electrons. The van der Waals surface area contributed by atoms with E-state index in [9.17, 15) is 0 Å². The summed E-state index contributed by atoms with van der Waals surface area (Å²) < 4.78 is 16.2. The largest absolute Gasteiger partial charge is 0.379 e. The average molecular weight is 538 g/mol. The van der Waals surface area contributed by atoms with E-state index >= 15 is 0 Å². The van der Waals surface area contributed by atoms with E-state index in [1.54, 1.807) is 19.2 Å². The first kappa shape index (κ1) is 25.6. The second-order valence-corrected chi connectivity index (χ2v) is 6.39. The summed E-state index contributed by atoms with van der Waals surface area (Å²) >= 11 is 5.89. The third kappa shape index (κ3) is 10.2. The van der Waals surface area contributed by atoms with Gasteiger partial charge < -0.3 is 24.6 Å². The van der Waals surface area contributed by atoms with Crippen molar-refractivity contribution in [2.24, 2.45) is 4.99 Å². The van der Waals surface area contributed by atoms with Crippen LogP contribution in [0.25, 0.3) is 11.4 Å². The van der Waals surface area contributed by atoms with Gasteiger partial charge in [-0.05, 0) is 30.7 Å². The molecule has 0 bridgehead atoms. The summed E-state index contributed by atoms with van der Waals surface area (Å²) in [6.07, 6.45) is 2.23. The predicted octanol–water partition coefficient (Wildman–Crippen LogP) is 3.51. The molecule has 0 spiro atoms. The molecule has 0 unspecified atom stereocenters. The molecule has 0 saturated heterocycles. The van der Waals surface area contributed by atoms with E-state index in [1.165, 1.54) is 0 Å². The van der Waals surface area contributed by atoms with Crippen LogP contribution in [0.2, 0.25) is 5.02 Å². The van der Waals surface area contributed by atoms with Crippen molar-refractivity contribution in [2.75, 3.05) is 40.0 Å². The molecule has 0 aliphatic carbocycles. The van der Waals surface area contributed by atoms with Gasteiger partial charge in [0, 0.05) is 30.8 Å². The zero-order valence-electron chi connectivity index (χ0n) is 16.8. The van der Waals surface area contributed by atoms with Gasteiger partial charge in [0.2, 0.25) is 11.7 Å². The summed E-state index contributed by atoms with van der Waals surface area (Å²) in [7, 11) is 1.70. The minimum Gasteiger partial charge on any atom is -0.379 e. The van der Waals surface area contributed by atoms with Crippen LogP contribution in [0.1, 0.15) is 25.7 Å². The van der Waals surface area contributed by atoms with Crippen molar-refractivity contribution in [3.8, 4) is 11.4 Å². The lowest BCUT2D eigenvalue weighted by Gasteiger charge is -2.10. The lowest BCUT2D eigenvalue weighted by Crippen LogP contribution is -2.38. The topological polar surface area (TPSA) is 93.8 Å². The van der Waals surface area contributed by atoms with Gasteiger partial charge in [-0.25, -0.2) is 0 Å². The molecular weight excluding hydrogens is 509 g/mol. The van der Waals surface area contributed by atoms with E-state index in [-0.39, 0.29) is 24.0 Å². The molecule has 0 fully saturated rings. The summed E-state index contributed by atoms with van der Waals surface area (Å²) in [6.45, 7) is 5.72. The Morgan fingerprint density at radius 2 is 1.83 bits per heavy atom. The minimum atomic E-state index is 0. The number of aromatic nitrogens is 2. The van der Waals surface area contributed by atoms with E-state index in [4.69, 9.17) is 25.6 Å². The van der Waals surface area contributed by atoms with Crippen molar-refractivity contribution in [3.63, 3.8) is 0 Å². The third-order valence-corrected chi connectivity index (χ3v) is 4.01. The number of halogens is 2. The van der Waals surface area contributed by atoms with Gasteiger partial charge in [0.25, 0.3) is 0 Å². The van der Waals surface area contributed by atoms with Crippen LogP contribution >= 0.6 is 35.6 Å². The first-order chi connectivity index (χ1) is 13.7. The average Bonchev–Trinajstić information content (AvgIpc) is 3.18. The zero-order chi connectivity index (χ0) is 20.0. The zero-order valence-corrected chi connectivity index (χ0v) is 19.9. The van der Waals surface area contributed by atoms with Gasteiger partial charge in [0.15, 0.2) is 5.96 Å². The van der Waals surface area contributed by atoms with Gasteiger partial charge in [0.1, 0.15) is 0 Å². The van der Waals surface area contributed by atoms with Crippen LogP contribution in [-0.4, -0.2) is 56.1 Å². The molecule has 1 aromatic carbocycles. The number of unbranched alkanes of at least 4 members (excludes halogenated alkanes) is 1. The number of rotatable bonds is 12. The highest BCUT2D eigenvalue weighted by molar-refractivity contribution is 14.0. The van der Waals surface area contributed by atoms with Crippen molar-refractivity contribution in [1.29, 1.82) is 0 Å². The molecule has 0 atom stereocenters. The molecule has 0 aliphatic rings. The Morgan fingerprint density at radius 3 is 2.52 bits per heavy atom. The predicted molar refractivity (Wildman–Crippen MR) is 125 cm³/mol. The Balaban J connectivity index is 0.00000420. The van der Waals surface area contributed by atoms with E-state index < -0.39 is 0 Å². The summed E-state index contributed by atoms with van der Waals surface area (Å²) in [6, 6.07) is 7.27. The van der Waals surface area contributed by atoms with Crippen LogP contribution in [-0.2, 0) is 16.0 Å². The first-order valence-electron chi connectivity index (χ1n) is 9.41. The van der Waals surface area contributed by atoms with E-state index in [0.29, 0.717) is 55.6 Å². The maximum atomic E-state index is 5.89. The van der Waals surface area contributed by atoms with Gasteiger partial charge >= 0.3 is 0 Å². The van der Waals surface area contributed by atoms with E-state index in [2.05, 4.69) is 32.7 Å². The molecule has 2 N–H and O–H groups in total. The van der Waals surface area contributed by atoms with E-state index in [0.717, 1.165) is 25.0 Å². The maximum absolute atomic E-state index is 5.89. The number of nitrogens with zero attached hydrogens (tertiary/aromatic N) is 3. The van der Waals surface area contributed by atoms with Gasteiger partial charge in [-0.2, -0.15) is 4.98 Å². The quantitative estimate of drug-likeness (QED) is 0.185. The summed E-state index contributed by atoms with van der Waals surface area (Å²) in [5.41, 5.74) is 0.845. The summed E-state index contributed by atoms with van der Waals surface area (Å²) in [5.74, 6) is 1.62. The molecule has 8 nitrogen and oxygen atoms in total. The molecule has 2 aromatic rings. The number of benzene rings is 1.